The number of carbonyl (C=O) groups excluding carboxylic acids is 2. The number of ether oxygens (including phenoxy) is 1. The smallest absolute Gasteiger partial charge is 0.245 e. The number of para-hydroxylation sites is 1. The van der Waals surface area contributed by atoms with Crippen LogP contribution in [0.15, 0.2) is 24.3 Å². The molecule has 1 saturated heterocycles. The van der Waals surface area contributed by atoms with Crippen molar-refractivity contribution >= 4 is 11.8 Å². The second-order valence-corrected chi connectivity index (χ2v) is 5.61. The first-order chi connectivity index (χ1) is 10.2. The van der Waals surface area contributed by atoms with E-state index >= 15 is 0 Å². The summed E-state index contributed by atoms with van der Waals surface area (Å²) in [5.74, 6) is 0.863. The van der Waals surface area contributed by atoms with Gasteiger partial charge in [0.25, 0.3) is 0 Å². The van der Waals surface area contributed by atoms with Gasteiger partial charge in [-0.05, 0) is 18.1 Å². The molecule has 2 aliphatic rings. The molecule has 2 unspecified atom stereocenters. The molecule has 0 aromatic heterocycles. The molecule has 0 spiro atoms. The van der Waals surface area contributed by atoms with Crippen molar-refractivity contribution in [1.29, 1.82) is 0 Å². The van der Waals surface area contributed by atoms with Gasteiger partial charge in [-0.25, -0.2) is 0 Å². The molecule has 1 aromatic rings. The van der Waals surface area contributed by atoms with E-state index in [9.17, 15) is 9.59 Å². The monoisotopic (exact) mass is 288 g/mol. The van der Waals surface area contributed by atoms with E-state index in [4.69, 9.17) is 4.74 Å². The molecule has 3 rings (SSSR count). The fraction of sp³-hybridized carbons (Fsp3) is 0.500. The first-order valence-electron chi connectivity index (χ1n) is 7.50. The average Bonchev–Trinajstić information content (AvgIpc) is 2.84. The zero-order chi connectivity index (χ0) is 14.8. The van der Waals surface area contributed by atoms with Crippen LogP contribution >= 0.6 is 0 Å². The third-order valence-electron chi connectivity index (χ3n) is 4.10. The Balaban J connectivity index is 1.67. The molecule has 2 aliphatic heterocycles. The van der Waals surface area contributed by atoms with Crippen LogP contribution in [-0.2, 0) is 16.0 Å². The Labute approximate surface area is 124 Å². The van der Waals surface area contributed by atoms with Gasteiger partial charge in [-0.15, -0.1) is 0 Å². The van der Waals surface area contributed by atoms with Crippen LogP contribution in [0, 0.1) is 0 Å². The minimum atomic E-state index is -0.399. The Bertz CT molecular complexity index is 533. The quantitative estimate of drug-likeness (QED) is 0.906. The van der Waals surface area contributed by atoms with Crippen LogP contribution in [0.1, 0.15) is 25.3 Å². The Kier molecular flexibility index (Phi) is 3.82. The number of carbonyl (C=O) groups is 2. The lowest BCUT2D eigenvalue weighted by Crippen LogP contribution is -2.47. The van der Waals surface area contributed by atoms with Crippen molar-refractivity contribution in [3.63, 3.8) is 0 Å². The van der Waals surface area contributed by atoms with Gasteiger partial charge in [-0.3, -0.25) is 9.59 Å². The summed E-state index contributed by atoms with van der Waals surface area (Å²) in [6.07, 6.45) is 1.78. The highest BCUT2D eigenvalue weighted by atomic mass is 16.5. The van der Waals surface area contributed by atoms with Crippen molar-refractivity contribution < 1.29 is 14.3 Å². The summed E-state index contributed by atoms with van der Waals surface area (Å²) in [4.78, 5) is 25.8. The van der Waals surface area contributed by atoms with E-state index in [2.05, 4.69) is 11.4 Å². The van der Waals surface area contributed by atoms with Gasteiger partial charge in [0.05, 0.1) is 6.54 Å². The Morgan fingerprint density at radius 3 is 2.90 bits per heavy atom. The van der Waals surface area contributed by atoms with Gasteiger partial charge >= 0.3 is 0 Å². The first kappa shape index (κ1) is 13.9. The van der Waals surface area contributed by atoms with Gasteiger partial charge in [-0.2, -0.15) is 0 Å². The lowest BCUT2D eigenvalue weighted by Gasteiger charge is -2.26. The van der Waals surface area contributed by atoms with Gasteiger partial charge in [0.15, 0.2) is 0 Å². The maximum Gasteiger partial charge on any atom is 0.245 e. The molecule has 5 heteroatoms. The summed E-state index contributed by atoms with van der Waals surface area (Å²) in [6.45, 7) is 2.92. The van der Waals surface area contributed by atoms with Crippen LogP contribution in [-0.4, -0.2) is 41.9 Å². The second-order valence-electron chi connectivity index (χ2n) is 5.61. The molecule has 5 nitrogen and oxygen atoms in total. The molecule has 0 saturated carbocycles. The maximum atomic E-state index is 12.4. The van der Waals surface area contributed by atoms with Crippen LogP contribution in [0.5, 0.6) is 5.75 Å². The van der Waals surface area contributed by atoms with E-state index in [0.717, 1.165) is 12.2 Å². The number of nitrogens with one attached hydrogen (secondary N) is 1. The number of rotatable bonds is 3. The van der Waals surface area contributed by atoms with Crippen LogP contribution in [0.25, 0.3) is 0 Å². The molecule has 1 N–H and O–H groups in total. The first-order valence-corrected chi connectivity index (χ1v) is 7.50. The SMILES string of the molecule is CCC1NC(=O)CCN(CC2Cc3ccccc3O2)C1=O. The summed E-state index contributed by atoms with van der Waals surface area (Å²) in [6, 6.07) is 7.56. The minimum Gasteiger partial charge on any atom is -0.488 e. The number of hydrogen-bond acceptors (Lipinski definition) is 3. The van der Waals surface area contributed by atoms with Crippen LogP contribution in [0.4, 0.5) is 0 Å². The highest BCUT2D eigenvalue weighted by Crippen LogP contribution is 2.28. The molecule has 2 atom stereocenters. The summed E-state index contributed by atoms with van der Waals surface area (Å²) in [5, 5.41) is 2.78. The Morgan fingerprint density at radius 1 is 1.33 bits per heavy atom. The molecule has 1 aromatic carbocycles. The zero-order valence-electron chi connectivity index (χ0n) is 12.2. The van der Waals surface area contributed by atoms with Gasteiger partial charge in [0.2, 0.25) is 11.8 Å². The molecule has 0 bridgehead atoms. The van der Waals surface area contributed by atoms with E-state index in [1.54, 1.807) is 4.90 Å². The topological polar surface area (TPSA) is 58.6 Å². The van der Waals surface area contributed by atoms with Gasteiger partial charge in [-0.1, -0.05) is 25.1 Å². The normalized spacial score (nSPS) is 25.1. The zero-order valence-corrected chi connectivity index (χ0v) is 12.2. The number of nitrogens with zero attached hydrogens (tertiary/aromatic N) is 1. The van der Waals surface area contributed by atoms with Crippen molar-refractivity contribution in [3.8, 4) is 5.75 Å². The molecule has 1 fully saturated rings. The van der Waals surface area contributed by atoms with Crippen molar-refractivity contribution in [2.75, 3.05) is 13.1 Å². The van der Waals surface area contributed by atoms with Crippen molar-refractivity contribution in [2.24, 2.45) is 0 Å². The van der Waals surface area contributed by atoms with E-state index in [-0.39, 0.29) is 17.9 Å². The standard InChI is InChI=1S/C16H20N2O3/c1-2-13-16(20)18(8-7-15(19)17-13)10-12-9-11-5-3-4-6-14(11)21-12/h3-6,12-13H,2,7-10H2,1H3,(H,17,19). The summed E-state index contributed by atoms with van der Waals surface area (Å²) >= 11 is 0. The van der Waals surface area contributed by atoms with Crippen molar-refractivity contribution in [3.05, 3.63) is 29.8 Å². The summed E-state index contributed by atoms with van der Waals surface area (Å²) in [7, 11) is 0. The molecular weight excluding hydrogens is 268 g/mol. The Hall–Kier alpha value is -2.04. The number of amides is 2. The molecule has 2 amide bonds. The number of fused-ring (bicyclic) bond motifs is 1. The predicted octanol–water partition coefficient (Wildman–Crippen LogP) is 1.12. The van der Waals surface area contributed by atoms with Crippen LogP contribution in [0.2, 0.25) is 0 Å². The molecule has 21 heavy (non-hydrogen) atoms. The largest absolute Gasteiger partial charge is 0.488 e. The second kappa shape index (κ2) is 5.76. The number of benzene rings is 1. The van der Waals surface area contributed by atoms with E-state index in [1.165, 1.54) is 5.56 Å². The van der Waals surface area contributed by atoms with Gasteiger partial charge in [0, 0.05) is 19.4 Å². The van der Waals surface area contributed by atoms with Gasteiger partial charge < -0.3 is 15.0 Å². The lowest BCUT2D eigenvalue weighted by atomic mass is 10.1. The minimum absolute atomic E-state index is 0.00269. The lowest BCUT2D eigenvalue weighted by molar-refractivity contribution is -0.134. The molecular formula is C16H20N2O3. The fourth-order valence-electron chi connectivity index (χ4n) is 2.95. The highest BCUT2D eigenvalue weighted by Gasteiger charge is 2.32. The average molecular weight is 288 g/mol. The van der Waals surface area contributed by atoms with Crippen molar-refractivity contribution in [1.82, 2.24) is 10.2 Å². The fourth-order valence-corrected chi connectivity index (χ4v) is 2.95. The molecule has 112 valence electrons. The van der Waals surface area contributed by atoms with E-state index in [1.807, 2.05) is 25.1 Å². The third-order valence-corrected chi connectivity index (χ3v) is 4.10. The maximum absolute atomic E-state index is 12.4. The molecule has 0 radical (unpaired) electrons. The van der Waals surface area contributed by atoms with Crippen LogP contribution in [0.3, 0.4) is 0 Å². The van der Waals surface area contributed by atoms with Crippen molar-refractivity contribution in [2.45, 2.75) is 38.3 Å². The summed E-state index contributed by atoms with van der Waals surface area (Å²) < 4.78 is 5.90. The van der Waals surface area contributed by atoms with E-state index in [0.29, 0.717) is 25.9 Å². The van der Waals surface area contributed by atoms with Crippen LogP contribution < -0.4 is 10.1 Å². The summed E-state index contributed by atoms with van der Waals surface area (Å²) in [5.41, 5.74) is 1.19. The molecule has 0 aliphatic carbocycles. The Morgan fingerprint density at radius 2 is 2.14 bits per heavy atom. The predicted molar refractivity (Wildman–Crippen MR) is 78.0 cm³/mol. The van der Waals surface area contributed by atoms with Gasteiger partial charge in [0.1, 0.15) is 17.9 Å². The third kappa shape index (κ3) is 2.86. The molecule has 2 heterocycles. The number of hydrogen-bond donors (Lipinski definition) is 1. The highest BCUT2D eigenvalue weighted by molar-refractivity contribution is 5.89. The van der Waals surface area contributed by atoms with E-state index < -0.39 is 6.04 Å².